The van der Waals surface area contributed by atoms with Crippen molar-refractivity contribution in [2.75, 3.05) is 0 Å². The van der Waals surface area contributed by atoms with E-state index in [0.717, 1.165) is 5.69 Å². The Morgan fingerprint density at radius 2 is 1.68 bits per heavy atom. The summed E-state index contributed by atoms with van der Waals surface area (Å²) in [6.07, 6.45) is 6.22. The first-order chi connectivity index (χ1) is 10.7. The first-order valence-electron chi connectivity index (χ1n) is 6.85. The maximum Gasteiger partial charge on any atom is 0.274 e. The molecule has 3 aromatic heterocycles. The van der Waals surface area contributed by atoms with Crippen molar-refractivity contribution >= 4 is 5.91 Å². The molecule has 0 N–H and O–H groups in total. The molecular weight excluding hydrogens is 282 g/mol. The van der Waals surface area contributed by atoms with Gasteiger partial charge in [0.1, 0.15) is 17.2 Å². The number of aromatic nitrogens is 2. The fraction of sp³-hybridized carbons (Fsp3) is 0.188. The molecule has 0 unspecified atom stereocenters. The summed E-state index contributed by atoms with van der Waals surface area (Å²) in [4.78, 5) is 22.5. The Kier molecular flexibility index (Phi) is 4.00. The van der Waals surface area contributed by atoms with Crippen LogP contribution in [0.25, 0.3) is 0 Å². The Morgan fingerprint density at radius 1 is 1.05 bits per heavy atom. The molecule has 3 rings (SSSR count). The summed E-state index contributed by atoms with van der Waals surface area (Å²) >= 11 is 0. The third-order valence-electron chi connectivity index (χ3n) is 3.14. The van der Waals surface area contributed by atoms with E-state index in [1.807, 2.05) is 19.1 Å². The minimum absolute atomic E-state index is 0.222. The third kappa shape index (κ3) is 3.22. The fourth-order valence-corrected chi connectivity index (χ4v) is 2.05. The number of hydrogen-bond donors (Lipinski definition) is 0. The summed E-state index contributed by atoms with van der Waals surface area (Å²) < 4.78 is 10.7. The Balaban J connectivity index is 1.83. The number of rotatable bonds is 5. The number of furan rings is 2. The van der Waals surface area contributed by atoms with Crippen molar-refractivity contribution in [1.29, 1.82) is 0 Å². The maximum atomic E-state index is 12.6. The molecule has 0 spiro atoms. The summed E-state index contributed by atoms with van der Waals surface area (Å²) in [6.45, 7) is 2.49. The highest BCUT2D eigenvalue weighted by Crippen LogP contribution is 2.14. The molecule has 0 bridgehead atoms. The number of carbonyl (C=O) groups is 1. The molecule has 0 aliphatic rings. The van der Waals surface area contributed by atoms with E-state index in [1.165, 1.54) is 6.20 Å². The van der Waals surface area contributed by atoms with E-state index >= 15 is 0 Å². The minimum atomic E-state index is -0.222. The second kappa shape index (κ2) is 6.26. The highest BCUT2D eigenvalue weighted by Gasteiger charge is 2.20. The van der Waals surface area contributed by atoms with E-state index in [1.54, 1.807) is 35.8 Å². The molecule has 22 heavy (non-hydrogen) atoms. The van der Waals surface area contributed by atoms with Crippen molar-refractivity contribution < 1.29 is 13.6 Å². The predicted octanol–water partition coefficient (Wildman–Crippen LogP) is 2.81. The molecule has 0 aliphatic heterocycles. The monoisotopic (exact) mass is 297 g/mol. The molecule has 0 saturated carbocycles. The zero-order valence-corrected chi connectivity index (χ0v) is 12.1. The van der Waals surface area contributed by atoms with Gasteiger partial charge in [-0.05, 0) is 31.2 Å². The maximum absolute atomic E-state index is 12.6. The van der Waals surface area contributed by atoms with Crippen LogP contribution >= 0.6 is 0 Å². The van der Waals surface area contributed by atoms with Gasteiger partial charge in [0.2, 0.25) is 0 Å². The van der Waals surface area contributed by atoms with E-state index in [2.05, 4.69) is 9.97 Å². The second-order valence-corrected chi connectivity index (χ2v) is 4.86. The average molecular weight is 297 g/mol. The fourth-order valence-electron chi connectivity index (χ4n) is 2.05. The quantitative estimate of drug-likeness (QED) is 0.724. The molecule has 0 aromatic carbocycles. The summed E-state index contributed by atoms with van der Waals surface area (Å²) in [6, 6.07) is 7.22. The Morgan fingerprint density at radius 3 is 2.14 bits per heavy atom. The van der Waals surface area contributed by atoms with Crippen LogP contribution in [0.1, 0.15) is 27.7 Å². The molecule has 3 aromatic rings. The van der Waals surface area contributed by atoms with Crippen LogP contribution in [0.5, 0.6) is 0 Å². The Bertz CT molecular complexity index is 682. The van der Waals surface area contributed by atoms with Crippen LogP contribution in [-0.2, 0) is 13.1 Å². The van der Waals surface area contributed by atoms with Crippen LogP contribution in [0.4, 0.5) is 0 Å². The SMILES string of the molecule is Cc1cnc(C(=O)N(Cc2ccco2)Cc2ccco2)cn1. The molecule has 3 heterocycles. The molecule has 112 valence electrons. The summed E-state index contributed by atoms with van der Waals surface area (Å²) in [7, 11) is 0. The predicted molar refractivity (Wildman–Crippen MR) is 77.8 cm³/mol. The van der Waals surface area contributed by atoms with Crippen molar-refractivity contribution in [3.63, 3.8) is 0 Å². The Hall–Kier alpha value is -2.89. The van der Waals surface area contributed by atoms with Gasteiger partial charge >= 0.3 is 0 Å². The highest BCUT2D eigenvalue weighted by molar-refractivity contribution is 5.91. The van der Waals surface area contributed by atoms with Gasteiger partial charge in [-0.15, -0.1) is 0 Å². The Labute approximate surface area is 127 Å². The molecule has 0 aliphatic carbocycles. The molecule has 1 amide bonds. The summed E-state index contributed by atoms with van der Waals surface area (Å²) in [5.41, 5.74) is 1.06. The number of nitrogens with zero attached hydrogens (tertiary/aromatic N) is 3. The van der Waals surface area contributed by atoms with Crippen molar-refractivity contribution in [2.24, 2.45) is 0 Å². The lowest BCUT2D eigenvalue weighted by Gasteiger charge is -2.20. The molecule has 0 fully saturated rings. The van der Waals surface area contributed by atoms with E-state index in [9.17, 15) is 4.79 Å². The lowest BCUT2D eigenvalue weighted by atomic mass is 10.3. The van der Waals surface area contributed by atoms with Crippen molar-refractivity contribution in [1.82, 2.24) is 14.9 Å². The first kappa shape index (κ1) is 14.1. The highest BCUT2D eigenvalue weighted by atomic mass is 16.3. The molecule has 0 atom stereocenters. The zero-order chi connectivity index (χ0) is 15.4. The van der Waals surface area contributed by atoms with Gasteiger partial charge in [0, 0.05) is 6.20 Å². The van der Waals surface area contributed by atoms with Crippen molar-refractivity contribution in [2.45, 2.75) is 20.0 Å². The van der Waals surface area contributed by atoms with Crippen LogP contribution in [0.3, 0.4) is 0 Å². The van der Waals surface area contributed by atoms with Crippen LogP contribution in [0.15, 0.2) is 58.0 Å². The van der Waals surface area contributed by atoms with Crippen molar-refractivity contribution in [3.05, 3.63) is 72.1 Å². The largest absolute Gasteiger partial charge is 0.467 e. The molecule has 6 nitrogen and oxygen atoms in total. The number of amides is 1. The smallest absolute Gasteiger partial charge is 0.274 e. The van der Waals surface area contributed by atoms with Gasteiger partial charge in [0.15, 0.2) is 0 Å². The van der Waals surface area contributed by atoms with E-state index < -0.39 is 0 Å². The third-order valence-corrected chi connectivity index (χ3v) is 3.14. The zero-order valence-electron chi connectivity index (χ0n) is 12.1. The normalized spacial score (nSPS) is 10.6. The van der Waals surface area contributed by atoms with Gasteiger partial charge in [-0.25, -0.2) is 4.98 Å². The minimum Gasteiger partial charge on any atom is -0.467 e. The van der Waals surface area contributed by atoms with E-state index in [4.69, 9.17) is 8.83 Å². The standard InChI is InChI=1S/C16H15N3O3/c1-12-8-18-15(9-17-12)16(20)19(10-13-4-2-6-21-13)11-14-5-3-7-22-14/h2-9H,10-11H2,1H3. The first-order valence-corrected chi connectivity index (χ1v) is 6.85. The van der Waals surface area contributed by atoms with E-state index in [0.29, 0.717) is 30.3 Å². The molecule has 0 radical (unpaired) electrons. The van der Waals surface area contributed by atoms with Gasteiger partial charge in [0.05, 0.1) is 37.5 Å². The van der Waals surface area contributed by atoms with Crippen LogP contribution in [-0.4, -0.2) is 20.8 Å². The van der Waals surface area contributed by atoms with Gasteiger partial charge in [-0.2, -0.15) is 0 Å². The van der Waals surface area contributed by atoms with Crippen LogP contribution < -0.4 is 0 Å². The van der Waals surface area contributed by atoms with Gasteiger partial charge in [-0.3, -0.25) is 9.78 Å². The van der Waals surface area contributed by atoms with Crippen LogP contribution in [0.2, 0.25) is 0 Å². The lowest BCUT2D eigenvalue weighted by molar-refractivity contribution is 0.0698. The average Bonchev–Trinajstić information content (AvgIpc) is 3.20. The topological polar surface area (TPSA) is 72.4 Å². The summed E-state index contributed by atoms with van der Waals surface area (Å²) in [5.74, 6) is 1.17. The lowest BCUT2D eigenvalue weighted by Crippen LogP contribution is -2.30. The number of aryl methyl sites for hydroxylation is 1. The van der Waals surface area contributed by atoms with Crippen LogP contribution in [0, 0.1) is 6.92 Å². The van der Waals surface area contributed by atoms with Crippen molar-refractivity contribution in [3.8, 4) is 0 Å². The molecule has 0 saturated heterocycles. The van der Waals surface area contributed by atoms with Gasteiger partial charge in [0.25, 0.3) is 5.91 Å². The summed E-state index contributed by atoms with van der Waals surface area (Å²) in [5, 5.41) is 0. The molecule has 6 heteroatoms. The van der Waals surface area contributed by atoms with E-state index in [-0.39, 0.29) is 5.91 Å². The van der Waals surface area contributed by atoms with Gasteiger partial charge < -0.3 is 13.7 Å². The number of carbonyl (C=O) groups excluding carboxylic acids is 1. The van der Waals surface area contributed by atoms with Gasteiger partial charge in [-0.1, -0.05) is 0 Å². The number of hydrogen-bond acceptors (Lipinski definition) is 5. The second-order valence-electron chi connectivity index (χ2n) is 4.86. The molecular formula is C16H15N3O3.